The van der Waals surface area contributed by atoms with Crippen LogP contribution in [0.1, 0.15) is 25.3 Å². The standard InChI is InChI=1S/C13H18O3/c1-3-16-12-8-13(14,9-12)10-4-6-11(15-2)7-5-10/h4-7,12,14H,3,8-9H2,1-2H3. The zero-order chi connectivity index (χ0) is 11.6. The van der Waals surface area contributed by atoms with Crippen molar-refractivity contribution in [2.75, 3.05) is 13.7 Å². The van der Waals surface area contributed by atoms with Crippen LogP contribution in [0, 0.1) is 0 Å². The van der Waals surface area contributed by atoms with Crippen LogP contribution in [0.5, 0.6) is 5.75 Å². The van der Waals surface area contributed by atoms with Crippen molar-refractivity contribution in [3.05, 3.63) is 29.8 Å². The third-order valence-electron chi connectivity index (χ3n) is 3.16. The Labute approximate surface area is 96.0 Å². The lowest BCUT2D eigenvalue weighted by atomic mass is 9.73. The third-order valence-corrected chi connectivity index (χ3v) is 3.16. The number of ether oxygens (including phenoxy) is 2. The number of aliphatic hydroxyl groups is 1. The quantitative estimate of drug-likeness (QED) is 0.847. The second-order valence-electron chi connectivity index (χ2n) is 4.25. The Morgan fingerprint density at radius 1 is 1.31 bits per heavy atom. The van der Waals surface area contributed by atoms with Crippen LogP contribution in [0.2, 0.25) is 0 Å². The van der Waals surface area contributed by atoms with Gasteiger partial charge >= 0.3 is 0 Å². The first-order valence-corrected chi connectivity index (χ1v) is 5.66. The summed E-state index contributed by atoms with van der Waals surface area (Å²) in [7, 11) is 1.64. The van der Waals surface area contributed by atoms with Crippen LogP contribution in [-0.2, 0) is 10.3 Å². The molecule has 1 N–H and O–H groups in total. The molecule has 3 heteroatoms. The van der Waals surface area contributed by atoms with Gasteiger partial charge in [0.2, 0.25) is 0 Å². The van der Waals surface area contributed by atoms with Gasteiger partial charge in [0, 0.05) is 19.4 Å². The molecule has 3 nitrogen and oxygen atoms in total. The first kappa shape index (κ1) is 11.4. The first-order chi connectivity index (χ1) is 7.68. The van der Waals surface area contributed by atoms with Gasteiger partial charge in [-0.3, -0.25) is 0 Å². The van der Waals surface area contributed by atoms with Crippen molar-refractivity contribution in [2.45, 2.75) is 31.5 Å². The average Bonchev–Trinajstić information content (AvgIpc) is 2.27. The van der Waals surface area contributed by atoms with Gasteiger partial charge in [-0.15, -0.1) is 0 Å². The summed E-state index contributed by atoms with van der Waals surface area (Å²) in [6.45, 7) is 2.69. The average molecular weight is 222 g/mol. The third kappa shape index (κ3) is 2.06. The molecule has 16 heavy (non-hydrogen) atoms. The van der Waals surface area contributed by atoms with E-state index in [1.165, 1.54) is 0 Å². The fraction of sp³-hybridized carbons (Fsp3) is 0.538. The Balaban J connectivity index is 2.02. The monoisotopic (exact) mass is 222 g/mol. The van der Waals surface area contributed by atoms with Crippen molar-refractivity contribution in [1.82, 2.24) is 0 Å². The maximum Gasteiger partial charge on any atom is 0.118 e. The highest BCUT2D eigenvalue weighted by atomic mass is 16.5. The SMILES string of the molecule is CCOC1CC(O)(c2ccc(OC)cc2)C1. The van der Waals surface area contributed by atoms with Crippen molar-refractivity contribution in [2.24, 2.45) is 0 Å². The van der Waals surface area contributed by atoms with Crippen LogP contribution in [0.25, 0.3) is 0 Å². The van der Waals surface area contributed by atoms with E-state index in [0.29, 0.717) is 19.4 Å². The van der Waals surface area contributed by atoms with Crippen LogP contribution in [0.3, 0.4) is 0 Å². The highest BCUT2D eigenvalue weighted by molar-refractivity contribution is 5.32. The Morgan fingerprint density at radius 2 is 1.94 bits per heavy atom. The van der Waals surface area contributed by atoms with E-state index < -0.39 is 5.60 Å². The van der Waals surface area contributed by atoms with Gasteiger partial charge in [0.15, 0.2) is 0 Å². The maximum absolute atomic E-state index is 10.3. The fourth-order valence-electron chi connectivity index (χ4n) is 2.18. The van der Waals surface area contributed by atoms with E-state index in [4.69, 9.17) is 9.47 Å². The van der Waals surface area contributed by atoms with E-state index in [1.54, 1.807) is 7.11 Å². The summed E-state index contributed by atoms with van der Waals surface area (Å²) in [5.41, 5.74) is 0.246. The van der Waals surface area contributed by atoms with E-state index in [0.717, 1.165) is 11.3 Å². The molecule has 0 bridgehead atoms. The number of benzene rings is 1. The van der Waals surface area contributed by atoms with Gasteiger partial charge in [-0.1, -0.05) is 12.1 Å². The van der Waals surface area contributed by atoms with E-state index in [2.05, 4.69) is 0 Å². The molecule has 2 rings (SSSR count). The minimum atomic E-state index is -0.702. The molecule has 1 aromatic carbocycles. The van der Waals surface area contributed by atoms with Crippen LogP contribution in [-0.4, -0.2) is 24.9 Å². The Hall–Kier alpha value is -1.06. The molecule has 1 aliphatic carbocycles. The lowest BCUT2D eigenvalue weighted by Crippen LogP contribution is -2.45. The van der Waals surface area contributed by atoms with Gasteiger partial charge in [0.05, 0.1) is 18.8 Å². The smallest absolute Gasteiger partial charge is 0.118 e. The Kier molecular flexibility index (Phi) is 3.17. The molecule has 1 saturated carbocycles. The number of rotatable bonds is 4. The number of methoxy groups -OCH3 is 1. The van der Waals surface area contributed by atoms with Gasteiger partial charge in [-0.25, -0.2) is 0 Å². The number of hydrogen-bond donors (Lipinski definition) is 1. The zero-order valence-corrected chi connectivity index (χ0v) is 9.77. The number of hydrogen-bond acceptors (Lipinski definition) is 3. The minimum Gasteiger partial charge on any atom is -0.497 e. The molecule has 0 aliphatic heterocycles. The molecule has 0 heterocycles. The summed E-state index contributed by atoms with van der Waals surface area (Å²) in [6.07, 6.45) is 1.58. The fourth-order valence-corrected chi connectivity index (χ4v) is 2.18. The van der Waals surface area contributed by atoms with E-state index >= 15 is 0 Å². The second-order valence-corrected chi connectivity index (χ2v) is 4.25. The molecule has 0 saturated heterocycles. The predicted octanol–water partition coefficient (Wildman–Crippen LogP) is 2.08. The van der Waals surface area contributed by atoms with Gasteiger partial charge in [0.1, 0.15) is 5.75 Å². The minimum absolute atomic E-state index is 0.206. The molecule has 1 aliphatic rings. The summed E-state index contributed by atoms with van der Waals surface area (Å²) in [4.78, 5) is 0. The highest BCUT2D eigenvalue weighted by Crippen LogP contribution is 2.43. The molecule has 88 valence electrons. The van der Waals surface area contributed by atoms with E-state index in [1.807, 2.05) is 31.2 Å². The normalized spacial score (nSPS) is 28.6. The van der Waals surface area contributed by atoms with Gasteiger partial charge in [-0.05, 0) is 24.6 Å². The lowest BCUT2D eigenvalue weighted by molar-refractivity contribution is -0.142. The van der Waals surface area contributed by atoms with Crippen molar-refractivity contribution in [1.29, 1.82) is 0 Å². The molecular formula is C13H18O3. The van der Waals surface area contributed by atoms with Crippen molar-refractivity contribution < 1.29 is 14.6 Å². The first-order valence-electron chi connectivity index (χ1n) is 5.66. The van der Waals surface area contributed by atoms with E-state index in [-0.39, 0.29) is 6.10 Å². The topological polar surface area (TPSA) is 38.7 Å². The molecule has 0 spiro atoms. The van der Waals surface area contributed by atoms with Gasteiger partial charge in [-0.2, -0.15) is 0 Å². The molecule has 0 radical (unpaired) electrons. The molecule has 1 aromatic rings. The lowest BCUT2D eigenvalue weighted by Gasteiger charge is -2.43. The Bertz CT molecular complexity index is 339. The molecule has 0 unspecified atom stereocenters. The summed E-state index contributed by atoms with van der Waals surface area (Å²) in [5, 5.41) is 10.3. The van der Waals surface area contributed by atoms with Crippen LogP contribution in [0.4, 0.5) is 0 Å². The molecular weight excluding hydrogens is 204 g/mol. The van der Waals surface area contributed by atoms with Crippen LogP contribution < -0.4 is 4.74 Å². The molecule has 0 amide bonds. The molecule has 0 aromatic heterocycles. The van der Waals surface area contributed by atoms with Crippen molar-refractivity contribution in [3.63, 3.8) is 0 Å². The highest BCUT2D eigenvalue weighted by Gasteiger charge is 2.44. The summed E-state index contributed by atoms with van der Waals surface area (Å²) >= 11 is 0. The largest absolute Gasteiger partial charge is 0.497 e. The van der Waals surface area contributed by atoms with E-state index in [9.17, 15) is 5.11 Å². The summed E-state index contributed by atoms with van der Waals surface area (Å²) in [6, 6.07) is 7.59. The molecule has 0 atom stereocenters. The zero-order valence-electron chi connectivity index (χ0n) is 9.77. The molecule has 1 fully saturated rings. The van der Waals surface area contributed by atoms with Gasteiger partial charge < -0.3 is 14.6 Å². The van der Waals surface area contributed by atoms with Crippen molar-refractivity contribution >= 4 is 0 Å². The maximum atomic E-state index is 10.3. The van der Waals surface area contributed by atoms with Gasteiger partial charge in [0.25, 0.3) is 0 Å². The van der Waals surface area contributed by atoms with Crippen LogP contribution in [0.15, 0.2) is 24.3 Å². The van der Waals surface area contributed by atoms with Crippen LogP contribution >= 0.6 is 0 Å². The summed E-state index contributed by atoms with van der Waals surface area (Å²) in [5.74, 6) is 0.813. The van der Waals surface area contributed by atoms with Crippen molar-refractivity contribution in [3.8, 4) is 5.75 Å². The Morgan fingerprint density at radius 3 is 2.44 bits per heavy atom. The summed E-state index contributed by atoms with van der Waals surface area (Å²) < 4.78 is 10.5. The predicted molar refractivity (Wildman–Crippen MR) is 61.5 cm³/mol. The second kappa shape index (κ2) is 4.44.